The van der Waals surface area contributed by atoms with Crippen LogP contribution in [0.15, 0.2) is 18.2 Å². The molecule has 1 fully saturated rings. The number of benzene rings is 1. The van der Waals surface area contributed by atoms with Crippen LogP contribution in [0.1, 0.15) is 31.2 Å². The Morgan fingerprint density at radius 2 is 2.06 bits per heavy atom. The van der Waals surface area contributed by atoms with Gasteiger partial charge in [-0.3, -0.25) is 0 Å². The molecule has 0 atom stereocenters. The number of hydrogen-bond donors (Lipinski definition) is 1. The smallest absolute Gasteiger partial charge is 0.124 e. The molecule has 0 unspecified atom stereocenters. The molecule has 2 nitrogen and oxygen atoms in total. The Morgan fingerprint density at radius 1 is 1.38 bits per heavy atom. The number of halogens is 1. The Hall–Kier alpha value is -0.730. The summed E-state index contributed by atoms with van der Waals surface area (Å²) in [5.74, 6) is 0.875. The van der Waals surface area contributed by atoms with E-state index in [2.05, 4.69) is 6.07 Å². The van der Waals surface area contributed by atoms with Gasteiger partial charge >= 0.3 is 0 Å². The van der Waals surface area contributed by atoms with E-state index in [1.54, 1.807) is 7.11 Å². The van der Waals surface area contributed by atoms with Gasteiger partial charge in [-0.2, -0.15) is 0 Å². The van der Waals surface area contributed by atoms with Crippen molar-refractivity contribution in [1.29, 1.82) is 0 Å². The first-order valence-electron chi connectivity index (χ1n) is 5.76. The monoisotopic (exact) mass is 239 g/mol. The first-order valence-corrected chi connectivity index (χ1v) is 6.14. The van der Waals surface area contributed by atoms with Gasteiger partial charge in [0.05, 0.1) is 7.11 Å². The van der Waals surface area contributed by atoms with Gasteiger partial charge in [-0.25, -0.2) is 0 Å². The summed E-state index contributed by atoms with van der Waals surface area (Å²) >= 11 is 5.98. The van der Waals surface area contributed by atoms with Crippen molar-refractivity contribution in [3.63, 3.8) is 0 Å². The second-order valence-electron chi connectivity index (χ2n) is 4.54. The van der Waals surface area contributed by atoms with Gasteiger partial charge in [0.2, 0.25) is 0 Å². The van der Waals surface area contributed by atoms with Gasteiger partial charge in [-0.1, -0.05) is 30.5 Å². The highest BCUT2D eigenvalue weighted by Crippen LogP contribution is 2.44. The molecule has 0 amide bonds. The molecule has 16 heavy (non-hydrogen) atoms. The summed E-state index contributed by atoms with van der Waals surface area (Å²) < 4.78 is 5.43. The average molecular weight is 240 g/mol. The first-order chi connectivity index (χ1) is 7.72. The number of rotatable bonds is 3. The van der Waals surface area contributed by atoms with Crippen LogP contribution < -0.4 is 10.5 Å². The summed E-state index contributed by atoms with van der Waals surface area (Å²) in [5, 5.41) is 0.714. The molecule has 0 radical (unpaired) electrons. The van der Waals surface area contributed by atoms with Gasteiger partial charge < -0.3 is 10.5 Å². The van der Waals surface area contributed by atoms with Crippen LogP contribution in [0, 0.1) is 0 Å². The Balaban J connectivity index is 2.45. The third kappa shape index (κ3) is 1.92. The molecule has 0 saturated heterocycles. The van der Waals surface area contributed by atoms with E-state index in [1.807, 2.05) is 12.1 Å². The Bertz CT molecular complexity index is 372. The van der Waals surface area contributed by atoms with Gasteiger partial charge in [0.15, 0.2) is 0 Å². The molecular weight excluding hydrogens is 222 g/mol. The molecule has 1 aliphatic rings. The number of hydrogen-bond acceptors (Lipinski definition) is 2. The Labute approximate surface area is 102 Å². The highest BCUT2D eigenvalue weighted by atomic mass is 35.5. The molecule has 1 aliphatic carbocycles. The van der Waals surface area contributed by atoms with Crippen LogP contribution in [0.25, 0.3) is 0 Å². The van der Waals surface area contributed by atoms with Gasteiger partial charge in [0, 0.05) is 22.5 Å². The molecule has 3 heteroatoms. The Morgan fingerprint density at radius 3 is 2.62 bits per heavy atom. The minimum absolute atomic E-state index is 0.107. The third-order valence-corrected chi connectivity index (χ3v) is 3.92. The lowest BCUT2D eigenvalue weighted by molar-refractivity contribution is 0.378. The van der Waals surface area contributed by atoms with Gasteiger partial charge in [-0.15, -0.1) is 0 Å². The molecule has 1 aromatic rings. The van der Waals surface area contributed by atoms with Crippen molar-refractivity contribution in [3.8, 4) is 5.75 Å². The van der Waals surface area contributed by atoms with E-state index in [0.717, 1.165) is 18.6 Å². The van der Waals surface area contributed by atoms with E-state index >= 15 is 0 Å². The fourth-order valence-corrected chi connectivity index (χ4v) is 2.90. The summed E-state index contributed by atoms with van der Waals surface area (Å²) in [7, 11) is 1.69. The molecule has 2 N–H and O–H groups in total. The zero-order valence-corrected chi connectivity index (χ0v) is 10.4. The SMILES string of the molecule is COc1cc(Cl)ccc1C1(CN)CCCC1. The second-order valence-corrected chi connectivity index (χ2v) is 4.97. The van der Waals surface area contributed by atoms with E-state index < -0.39 is 0 Å². The number of nitrogens with two attached hydrogens (primary N) is 1. The van der Waals surface area contributed by atoms with Crippen LogP contribution in [0.2, 0.25) is 5.02 Å². The van der Waals surface area contributed by atoms with Crippen LogP contribution >= 0.6 is 11.6 Å². The standard InChI is InChI=1S/C13H18ClNO/c1-16-12-8-10(14)4-5-11(12)13(9-15)6-2-3-7-13/h4-5,8H,2-3,6-7,9,15H2,1H3. The summed E-state index contributed by atoms with van der Waals surface area (Å²) in [4.78, 5) is 0. The largest absolute Gasteiger partial charge is 0.496 e. The highest BCUT2D eigenvalue weighted by molar-refractivity contribution is 6.30. The number of ether oxygens (including phenoxy) is 1. The summed E-state index contributed by atoms with van der Waals surface area (Å²) in [6.07, 6.45) is 4.81. The molecule has 0 heterocycles. The Kier molecular flexibility index (Phi) is 3.41. The maximum absolute atomic E-state index is 5.98. The zero-order chi connectivity index (χ0) is 11.6. The lowest BCUT2D eigenvalue weighted by Crippen LogP contribution is -2.32. The second kappa shape index (κ2) is 4.64. The van der Waals surface area contributed by atoms with E-state index in [4.69, 9.17) is 22.1 Å². The fraction of sp³-hybridized carbons (Fsp3) is 0.538. The van der Waals surface area contributed by atoms with Crippen molar-refractivity contribution in [1.82, 2.24) is 0 Å². The molecule has 1 aromatic carbocycles. The van der Waals surface area contributed by atoms with E-state index in [0.29, 0.717) is 11.6 Å². The number of methoxy groups -OCH3 is 1. The molecule has 0 aliphatic heterocycles. The molecule has 0 spiro atoms. The zero-order valence-electron chi connectivity index (χ0n) is 9.63. The van der Waals surface area contributed by atoms with Gasteiger partial charge in [-0.05, 0) is 25.0 Å². The van der Waals surface area contributed by atoms with Crippen LogP contribution in [0.3, 0.4) is 0 Å². The van der Waals surface area contributed by atoms with Crippen molar-refractivity contribution < 1.29 is 4.74 Å². The van der Waals surface area contributed by atoms with Crippen molar-refractivity contribution in [2.45, 2.75) is 31.1 Å². The topological polar surface area (TPSA) is 35.2 Å². The lowest BCUT2D eigenvalue weighted by atomic mass is 9.78. The molecule has 0 bridgehead atoms. The summed E-state index contributed by atoms with van der Waals surface area (Å²) in [6, 6.07) is 5.88. The van der Waals surface area contributed by atoms with Crippen LogP contribution in [-0.4, -0.2) is 13.7 Å². The minimum Gasteiger partial charge on any atom is -0.496 e. The maximum atomic E-state index is 5.98. The van der Waals surface area contributed by atoms with Crippen molar-refractivity contribution in [2.75, 3.05) is 13.7 Å². The maximum Gasteiger partial charge on any atom is 0.124 e. The molecule has 2 rings (SSSR count). The van der Waals surface area contributed by atoms with Crippen LogP contribution in [0.4, 0.5) is 0 Å². The van der Waals surface area contributed by atoms with Crippen LogP contribution in [-0.2, 0) is 5.41 Å². The van der Waals surface area contributed by atoms with Gasteiger partial charge in [0.1, 0.15) is 5.75 Å². The molecular formula is C13H18ClNO. The fourth-order valence-electron chi connectivity index (χ4n) is 2.74. The van der Waals surface area contributed by atoms with E-state index in [1.165, 1.54) is 18.4 Å². The molecule has 0 aromatic heterocycles. The summed E-state index contributed by atoms with van der Waals surface area (Å²) in [5.41, 5.74) is 7.30. The third-order valence-electron chi connectivity index (χ3n) is 3.69. The van der Waals surface area contributed by atoms with Crippen molar-refractivity contribution in [3.05, 3.63) is 28.8 Å². The minimum atomic E-state index is 0.107. The predicted octanol–water partition coefficient (Wildman–Crippen LogP) is 3.12. The van der Waals surface area contributed by atoms with Crippen LogP contribution in [0.5, 0.6) is 5.75 Å². The van der Waals surface area contributed by atoms with E-state index in [9.17, 15) is 0 Å². The normalized spacial score (nSPS) is 18.7. The van der Waals surface area contributed by atoms with Crippen molar-refractivity contribution >= 4 is 11.6 Å². The van der Waals surface area contributed by atoms with Crippen molar-refractivity contribution in [2.24, 2.45) is 5.73 Å². The van der Waals surface area contributed by atoms with E-state index in [-0.39, 0.29) is 5.41 Å². The van der Waals surface area contributed by atoms with Gasteiger partial charge in [0.25, 0.3) is 0 Å². The first kappa shape index (κ1) is 11.7. The highest BCUT2D eigenvalue weighted by Gasteiger charge is 2.36. The molecule has 88 valence electrons. The quantitative estimate of drug-likeness (QED) is 0.880. The molecule has 1 saturated carbocycles. The lowest BCUT2D eigenvalue weighted by Gasteiger charge is -2.29. The predicted molar refractivity (Wildman–Crippen MR) is 67.2 cm³/mol. The summed E-state index contributed by atoms with van der Waals surface area (Å²) in [6.45, 7) is 0.686. The average Bonchev–Trinajstić information content (AvgIpc) is 2.78.